The molecule has 2 aromatic heterocycles. The number of carbonyl (C=O) groups excluding carboxylic acids is 2. The molecule has 0 saturated heterocycles. The molecular formula is C14H8BrN5O3. The number of pyridine rings is 1. The van der Waals surface area contributed by atoms with Gasteiger partial charge in [-0.25, -0.2) is 0 Å². The van der Waals surface area contributed by atoms with Crippen molar-refractivity contribution in [3.63, 3.8) is 0 Å². The van der Waals surface area contributed by atoms with Crippen LogP contribution in [-0.4, -0.2) is 26.6 Å². The lowest BCUT2D eigenvalue weighted by atomic mass is 10.1. The smallest absolute Gasteiger partial charge is 0.262 e. The molecule has 23 heavy (non-hydrogen) atoms. The van der Waals surface area contributed by atoms with Crippen LogP contribution in [0.5, 0.6) is 0 Å². The van der Waals surface area contributed by atoms with Gasteiger partial charge in [0.05, 0.1) is 22.3 Å². The van der Waals surface area contributed by atoms with E-state index in [-0.39, 0.29) is 16.9 Å². The summed E-state index contributed by atoms with van der Waals surface area (Å²) in [7, 11) is 0. The van der Waals surface area contributed by atoms with Crippen LogP contribution in [0.1, 0.15) is 20.7 Å². The van der Waals surface area contributed by atoms with Crippen molar-refractivity contribution >= 4 is 44.5 Å². The fraction of sp³-hybridized carbons (Fsp3) is 0. The molecule has 0 spiro atoms. The molecule has 2 amide bonds. The molecule has 0 radical (unpaired) electrons. The average Bonchev–Trinajstić information content (AvgIpc) is 3.00. The Morgan fingerprint density at radius 2 is 1.91 bits per heavy atom. The lowest BCUT2D eigenvalue weighted by Crippen LogP contribution is -2.24. The molecular weight excluding hydrogens is 366 g/mol. The second kappa shape index (κ2) is 4.53. The van der Waals surface area contributed by atoms with E-state index in [9.17, 15) is 14.4 Å². The number of imide groups is 1. The summed E-state index contributed by atoms with van der Waals surface area (Å²) in [5, 5.41) is 9.85. The van der Waals surface area contributed by atoms with E-state index in [1.165, 1.54) is 4.57 Å². The molecule has 4 N–H and O–H groups in total. The summed E-state index contributed by atoms with van der Waals surface area (Å²) in [5.41, 5.74) is 6.57. The van der Waals surface area contributed by atoms with Crippen LogP contribution in [0.3, 0.4) is 0 Å². The van der Waals surface area contributed by atoms with Gasteiger partial charge in [0.15, 0.2) is 0 Å². The van der Waals surface area contributed by atoms with Gasteiger partial charge in [-0.1, -0.05) is 0 Å². The van der Waals surface area contributed by atoms with E-state index in [4.69, 9.17) is 5.73 Å². The number of benzene rings is 1. The lowest BCUT2D eigenvalue weighted by molar-refractivity contribution is 0.0880. The standard InChI is InChI=1S/C14H8BrN5O3/c15-11-6-2-1-5(3-8(6)18-19-11)20-9(21)4-7-10(12(20)16)14(23)17-13(7)22/h1-4H,16H2,(H,18,19)(H,17,22,23). The second-order valence-electron chi connectivity index (χ2n) is 5.01. The lowest BCUT2D eigenvalue weighted by Gasteiger charge is -2.11. The molecule has 3 heterocycles. The maximum atomic E-state index is 12.3. The average molecular weight is 374 g/mol. The number of carbonyl (C=O) groups is 2. The molecule has 8 nitrogen and oxygen atoms in total. The van der Waals surface area contributed by atoms with Gasteiger partial charge < -0.3 is 5.73 Å². The minimum Gasteiger partial charge on any atom is -0.384 e. The highest BCUT2D eigenvalue weighted by atomic mass is 79.9. The number of nitrogen functional groups attached to an aromatic ring is 1. The predicted molar refractivity (Wildman–Crippen MR) is 85.6 cm³/mol. The number of anilines is 1. The Balaban J connectivity index is 2.02. The highest BCUT2D eigenvalue weighted by Crippen LogP contribution is 2.26. The number of H-pyrrole nitrogens is 1. The summed E-state index contributed by atoms with van der Waals surface area (Å²) in [4.78, 5) is 35.9. The first-order chi connectivity index (χ1) is 11.0. The minimum atomic E-state index is -0.618. The van der Waals surface area contributed by atoms with Crippen molar-refractivity contribution in [2.75, 3.05) is 5.73 Å². The zero-order valence-electron chi connectivity index (χ0n) is 11.4. The summed E-state index contributed by atoms with van der Waals surface area (Å²) < 4.78 is 1.90. The largest absolute Gasteiger partial charge is 0.384 e. The van der Waals surface area contributed by atoms with E-state index in [1.54, 1.807) is 18.2 Å². The van der Waals surface area contributed by atoms with Gasteiger partial charge in [-0.2, -0.15) is 5.10 Å². The maximum absolute atomic E-state index is 12.3. The van der Waals surface area contributed by atoms with E-state index in [0.29, 0.717) is 11.2 Å². The van der Waals surface area contributed by atoms with Crippen molar-refractivity contribution in [1.82, 2.24) is 20.1 Å². The van der Waals surface area contributed by atoms with Gasteiger partial charge in [0.25, 0.3) is 17.4 Å². The predicted octanol–water partition coefficient (Wildman–Crippen LogP) is 0.942. The maximum Gasteiger partial charge on any atom is 0.262 e. The van der Waals surface area contributed by atoms with Crippen LogP contribution in [0.2, 0.25) is 0 Å². The number of hydrogen-bond acceptors (Lipinski definition) is 5. The van der Waals surface area contributed by atoms with Crippen LogP contribution in [0.15, 0.2) is 33.7 Å². The summed E-state index contributed by atoms with van der Waals surface area (Å²) in [6, 6.07) is 6.22. The van der Waals surface area contributed by atoms with Gasteiger partial charge in [0, 0.05) is 11.5 Å². The molecule has 0 fully saturated rings. The first-order valence-corrected chi connectivity index (χ1v) is 7.32. The van der Waals surface area contributed by atoms with Crippen molar-refractivity contribution in [2.24, 2.45) is 0 Å². The monoisotopic (exact) mass is 373 g/mol. The number of aromatic nitrogens is 3. The Bertz CT molecular complexity index is 1080. The molecule has 4 rings (SSSR count). The molecule has 9 heteroatoms. The fourth-order valence-corrected chi connectivity index (χ4v) is 3.08. The van der Waals surface area contributed by atoms with Crippen molar-refractivity contribution in [1.29, 1.82) is 0 Å². The summed E-state index contributed by atoms with van der Waals surface area (Å²) in [5.74, 6) is -1.31. The molecule has 0 unspecified atom stereocenters. The third-order valence-electron chi connectivity index (χ3n) is 3.70. The highest BCUT2D eigenvalue weighted by Gasteiger charge is 2.31. The Morgan fingerprint density at radius 1 is 1.13 bits per heavy atom. The highest BCUT2D eigenvalue weighted by molar-refractivity contribution is 9.10. The molecule has 1 aromatic carbocycles. The SMILES string of the molecule is Nc1c2c(cc(=O)n1-c1ccc3c(Br)[nH]nc3c1)C(=O)NC2=O. The topological polar surface area (TPSA) is 123 Å². The van der Waals surface area contributed by atoms with Gasteiger partial charge in [0.1, 0.15) is 10.4 Å². The Labute approximate surface area is 136 Å². The van der Waals surface area contributed by atoms with E-state index >= 15 is 0 Å². The number of halogens is 1. The normalized spacial score (nSPS) is 13.4. The van der Waals surface area contributed by atoms with Crippen molar-refractivity contribution in [3.05, 3.63) is 50.3 Å². The van der Waals surface area contributed by atoms with Crippen molar-refractivity contribution in [3.8, 4) is 5.69 Å². The van der Waals surface area contributed by atoms with E-state index in [0.717, 1.165) is 16.1 Å². The first kappa shape index (κ1) is 13.7. The zero-order valence-corrected chi connectivity index (χ0v) is 13.0. The van der Waals surface area contributed by atoms with E-state index in [2.05, 4.69) is 31.4 Å². The van der Waals surface area contributed by atoms with Crippen LogP contribution >= 0.6 is 15.9 Å². The third-order valence-corrected chi connectivity index (χ3v) is 4.31. The fourth-order valence-electron chi connectivity index (χ4n) is 2.65. The van der Waals surface area contributed by atoms with Gasteiger partial charge in [0.2, 0.25) is 0 Å². The van der Waals surface area contributed by atoms with Gasteiger partial charge in [-0.15, -0.1) is 0 Å². The Kier molecular flexibility index (Phi) is 2.70. The third kappa shape index (κ3) is 1.83. The van der Waals surface area contributed by atoms with E-state index in [1.807, 2.05) is 0 Å². The molecule has 114 valence electrons. The molecule has 1 aliphatic rings. The van der Waals surface area contributed by atoms with Crippen LogP contribution in [-0.2, 0) is 0 Å². The minimum absolute atomic E-state index is 0.00246. The van der Waals surface area contributed by atoms with Crippen molar-refractivity contribution < 1.29 is 9.59 Å². The van der Waals surface area contributed by atoms with Crippen LogP contribution in [0.4, 0.5) is 5.82 Å². The zero-order chi connectivity index (χ0) is 16.3. The molecule has 0 atom stereocenters. The van der Waals surface area contributed by atoms with Crippen LogP contribution in [0, 0.1) is 0 Å². The molecule has 0 aliphatic carbocycles. The number of nitrogens with zero attached hydrogens (tertiary/aromatic N) is 2. The number of rotatable bonds is 1. The first-order valence-electron chi connectivity index (χ1n) is 6.52. The Hall–Kier alpha value is -2.94. The Morgan fingerprint density at radius 3 is 2.70 bits per heavy atom. The molecule has 0 saturated carbocycles. The summed E-state index contributed by atoms with van der Waals surface area (Å²) in [6.07, 6.45) is 0. The molecule has 0 bridgehead atoms. The molecule has 1 aliphatic heterocycles. The quantitative estimate of drug-likeness (QED) is 0.547. The summed E-state index contributed by atoms with van der Waals surface area (Å²) in [6.45, 7) is 0. The number of nitrogens with two attached hydrogens (primary N) is 1. The number of aromatic amines is 1. The second-order valence-corrected chi connectivity index (χ2v) is 5.81. The van der Waals surface area contributed by atoms with Gasteiger partial charge in [-0.3, -0.25) is 29.4 Å². The van der Waals surface area contributed by atoms with Crippen molar-refractivity contribution in [2.45, 2.75) is 0 Å². The molecule has 3 aromatic rings. The van der Waals surface area contributed by atoms with E-state index < -0.39 is 17.4 Å². The number of amides is 2. The van der Waals surface area contributed by atoms with Gasteiger partial charge >= 0.3 is 0 Å². The summed E-state index contributed by atoms with van der Waals surface area (Å²) >= 11 is 3.33. The number of nitrogens with one attached hydrogen (secondary N) is 2. The van der Waals surface area contributed by atoms with Crippen LogP contribution in [0.25, 0.3) is 16.6 Å². The number of hydrogen-bond donors (Lipinski definition) is 3. The van der Waals surface area contributed by atoms with Gasteiger partial charge in [-0.05, 0) is 34.1 Å². The van der Waals surface area contributed by atoms with Crippen LogP contribution < -0.4 is 16.6 Å². The number of fused-ring (bicyclic) bond motifs is 2.